The van der Waals surface area contributed by atoms with Crippen LogP contribution in [0.25, 0.3) is 21.6 Å². The molecule has 4 aliphatic rings. The number of β-amino-alcohol motifs (C(OH)–C–C–N with tert-alkyl or cyclic N) is 1. The van der Waals surface area contributed by atoms with Crippen LogP contribution in [-0.2, 0) is 75.4 Å². The van der Waals surface area contributed by atoms with Gasteiger partial charge >= 0.3 is 6.09 Å². The number of ether oxygens (including phenoxy) is 3. The van der Waals surface area contributed by atoms with Gasteiger partial charge in [0.15, 0.2) is 5.78 Å². The van der Waals surface area contributed by atoms with Gasteiger partial charge in [-0.25, -0.2) is 9.78 Å². The number of aromatic nitrogens is 1. The lowest BCUT2D eigenvalue weighted by Gasteiger charge is -2.35. The number of para-hydroxylation sites is 1. The second-order valence-corrected chi connectivity index (χ2v) is 25.6. The van der Waals surface area contributed by atoms with Crippen LogP contribution in [0.1, 0.15) is 117 Å². The second kappa shape index (κ2) is 27.9. The summed E-state index contributed by atoms with van der Waals surface area (Å²) in [6.45, 7) is 9.88. The number of likely N-dealkylation sites (tertiary alicyclic amines) is 1. The molecule has 18 nitrogen and oxygen atoms in total. The van der Waals surface area contributed by atoms with E-state index in [1.165, 1.54) is 4.90 Å². The fraction of sp³-hybridized carbons (Fsp3) is 0.420. The summed E-state index contributed by atoms with van der Waals surface area (Å²) < 4.78 is 18.0. The predicted molar refractivity (Wildman–Crippen MR) is 335 cm³/mol. The predicted octanol–water partition coefficient (Wildman–Crippen LogP) is 8.43. The third-order valence-corrected chi connectivity index (χ3v) is 18.5. The van der Waals surface area contributed by atoms with Gasteiger partial charge in [0.05, 0.1) is 46.6 Å². The van der Waals surface area contributed by atoms with Gasteiger partial charge in [-0.05, 0) is 113 Å². The molecule has 0 unspecified atom stereocenters. The Balaban J connectivity index is 0.673. The number of nitrogens with one attached hydrogen (secondary N) is 3. The maximum Gasteiger partial charge on any atom is 0.407 e. The number of benzene rings is 5. The number of hydrogen-bond acceptors (Lipinski definition) is 13. The van der Waals surface area contributed by atoms with Gasteiger partial charge in [0, 0.05) is 51.3 Å². The number of nitrogens with two attached hydrogens (primary N) is 1. The summed E-state index contributed by atoms with van der Waals surface area (Å²) in [6, 6.07) is 34.1. The Labute approximate surface area is 517 Å². The van der Waals surface area contributed by atoms with Crippen LogP contribution in [0.2, 0.25) is 0 Å². The number of hydrogen-bond donors (Lipinski definition) is 5. The van der Waals surface area contributed by atoms with Crippen molar-refractivity contribution in [1.82, 2.24) is 25.8 Å². The molecule has 3 aliphatic heterocycles. The van der Waals surface area contributed by atoms with Crippen molar-refractivity contribution < 1.29 is 52.9 Å². The molecule has 4 heterocycles. The van der Waals surface area contributed by atoms with Crippen molar-refractivity contribution in [3.05, 3.63) is 165 Å². The molecule has 462 valence electrons. The highest BCUT2D eigenvalue weighted by Gasteiger charge is 2.46. The first-order chi connectivity index (χ1) is 42.3. The van der Waals surface area contributed by atoms with Crippen LogP contribution in [0.15, 0.2) is 121 Å². The first kappa shape index (κ1) is 62.9. The van der Waals surface area contributed by atoms with Crippen molar-refractivity contribution in [3.63, 3.8) is 0 Å². The molecule has 0 bridgehead atoms. The standard InChI is InChI=1S/C69H79N7O11S/c1-41-63(88-40-72-41)47-25-23-44(24-26-47)35-71-65(81)58-34-50(77)36-75(58)67(83)64(69(3,4)5)74-61(80)39-85-31-11-12-43-19-21-45(22-20-43)37-86-42(2)48(28-30-60(70)79)33-59(78)57-32-49-14-10-13-46-27-29-56(66(82)76(57)62(46)49)73-68(84)87-38-55-53-17-8-6-15-51(53)52-16-7-9-18-54(52)55/h6-10,13-26,40,42,48,50,55-58,64,77H,11-12,27-39H2,1-5H3,(H2,70,79)(H,71,81)(H,73,84)(H,74,80)/t42-,48-,50+,56+,57+,58+,64-/m1/s1. The maximum absolute atomic E-state index is 14.6. The molecule has 7 atom stereocenters. The minimum absolute atomic E-state index is 0.0333. The Morgan fingerprint density at radius 1 is 0.852 bits per heavy atom. The highest BCUT2D eigenvalue weighted by Crippen LogP contribution is 2.45. The number of fused-ring (bicyclic) bond motifs is 3. The van der Waals surface area contributed by atoms with Crippen LogP contribution in [0, 0.1) is 18.3 Å². The summed E-state index contributed by atoms with van der Waals surface area (Å²) >= 11 is 1.56. The number of primary amides is 1. The Kier molecular flexibility index (Phi) is 20.0. The molecule has 6 aromatic rings. The van der Waals surface area contributed by atoms with E-state index in [4.69, 9.17) is 19.9 Å². The summed E-state index contributed by atoms with van der Waals surface area (Å²) in [6.07, 6.45) is 0.846. The van der Waals surface area contributed by atoms with Crippen molar-refractivity contribution in [3.8, 4) is 21.6 Å². The minimum Gasteiger partial charge on any atom is -0.449 e. The van der Waals surface area contributed by atoms with Gasteiger partial charge in [0.25, 0.3) is 0 Å². The molecule has 1 fully saturated rings. The summed E-state index contributed by atoms with van der Waals surface area (Å²) in [5.41, 5.74) is 18.4. The molecule has 19 heteroatoms. The number of nitrogens with zero attached hydrogens (tertiary/aromatic N) is 3. The van der Waals surface area contributed by atoms with Crippen LogP contribution >= 0.6 is 11.3 Å². The topological polar surface area (TPSA) is 249 Å². The van der Waals surface area contributed by atoms with E-state index in [2.05, 4.69) is 33.1 Å². The number of rotatable bonds is 25. The Bertz CT molecular complexity index is 3480. The highest BCUT2D eigenvalue weighted by atomic mass is 32.1. The number of aliphatic hydroxyl groups excluding tert-OH is 1. The van der Waals surface area contributed by atoms with E-state index in [9.17, 15) is 38.7 Å². The van der Waals surface area contributed by atoms with E-state index in [1.807, 2.05) is 143 Å². The van der Waals surface area contributed by atoms with Crippen LogP contribution in [0.4, 0.5) is 10.5 Å². The number of aryl methyl sites for hydroxylation is 3. The molecular formula is C69H79N7O11S. The van der Waals surface area contributed by atoms with Crippen molar-refractivity contribution in [2.45, 2.75) is 148 Å². The minimum atomic E-state index is -0.989. The van der Waals surface area contributed by atoms with E-state index in [-0.39, 0.29) is 82.3 Å². The average molecular weight is 1210 g/mol. The Hall–Kier alpha value is -8.10. The quantitative estimate of drug-likeness (QED) is 0.0339. The molecule has 6 N–H and O–H groups in total. The normalized spacial score (nSPS) is 18.8. The van der Waals surface area contributed by atoms with Crippen molar-refractivity contribution in [2.24, 2.45) is 17.1 Å². The van der Waals surface area contributed by atoms with Gasteiger partial charge < -0.3 is 45.9 Å². The second-order valence-electron chi connectivity index (χ2n) is 24.8. The molecule has 0 saturated carbocycles. The summed E-state index contributed by atoms with van der Waals surface area (Å²) in [5.74, 6) is -2.90. The Morgan fingerprint density at radius 2 is 1.53 bits per heavy atom. The van der Waals surface area contributed by atoms with Crippen LogP contribution in [0.5, 0.6) is 0 Å². The van der Waals surface area contributed by atoms with E-state index >= 15 is 0 Å². The third kappa shape index (κ3) is 14.7. The number of alkyl carbamates (subject to hydrolysis) is 1. The van der Waals surface area contributed by atoms with Gasteiger partial charge in [0.2, 0.25) is 29.5 Å². The molecule has 0 radical (unpaired) electrons. The first-order valence-electron chi connectivity index (χ1n) is 30.5. The van der Waals surface area contributed by atoms with Crippen LogP contribution in [0.3, 0.4) is 0 Å². The van der Waals surface area contributed by atoms with E-state index < -0.39 is 71.5 Å². The lowest BCUT2D eigenvalue weighted by Crippen LogP contribution is -2.58. The molecule has 6 amide bonds. The van der Waals surface area contributed by atoms with Gasteiger partial charge in [-0.15, -0.1) is 11.3 Å². The van der Waals surface area contributed by atoms with Gasteiger partial charge in [-0.2, -0.15) is 0 Å². The molecule has 0 spiro atoms. The zero-order valence-corrected chi connectivity index (χ0v) is 51.4. The zero-order valence-electron chi connectivity index (χ0n) is 50.6. The number of aliphatic hydroxyl groups is 1. The number of thiazole rings is 1. The first-order valence-corrected chi connectivity index (χ1v) is 31.4. The Morgan fingerprint density at radius 3 is 2.22 bits per heavy atom. The lowest BCUT2D eigenvalue weighted by atomic mass is 9.85. The van der Waals surface area contributed by atoms with Gasteiger partial charge in [0.1, 0.15) is 31.3 Å². The van der Waals surface area contributed by atoms with E-state index in [0.717, 1.165) is 71.9 Å². The average Bonchev–Trinajstić information content (AvgIpc) is 2.01. The molecular weight excluding hydrogens is 1130 g/mol. The monoisotopic (exact) mass is 1210 g/mol. The molecule has 88 heavy (non-hydrogen) atoms. The number of Topliss-reactive ketones (excluding diaryl/α,β-unsaturated/α-hetero) is 1. The van der Waals surface area contributed by atoms with Crippen LogP contribution < -0.4 is 26.6 Å². The number of carbonyl (C=O) groups is 7. The van der Waals surface area contributed by atoms with Crippen molar-refractivity contribution in [1.29, 1.82) is 0 Å². The molecule has 5 aromatic carbocycles. The smallest absolute Gasteiger partial charge is 0.407 e. The van der Waals surface area contributed by atoms with Crippen LogP contribution in [-0.4, -0.2) is 119 Å². The van der Waals surface area contributed by atoms with Gasteiger partial charge in [-0.3, -0.25) is 33.7 Å². The SMILES string of the molecule is Cc1ncsc1-c1ccc(CNC(=O)[C@@H]2C[C@H](O)CN2C(=O)[C@@H](NC(=O)COCCCc2ccc(CO[C@H](C)[C@H](CCC(N)=O)CC(=O)[C@@H]3Cc4cccc5c4N3C(=O)[C@@H](NC(=O)OCC3c4ccccc4-c4ccccc43)CC5)cc2)C(C)(C)C)cc1. The van der Waals surface area contributed by atoms with Crippen molar-refractivity contribution >= 4 is 58.4 Å². The van der Waals surface area contributed by atoms with Gasteiger partial charge in [-0.1, -0.05) is 136 Å². The summed E-state index contributed by atoms with van der Waals surface area (Å²) in [4.78, 5) is 104. The fourth-order valence-electron chi connectivity index (χ4n) is 12.7. The van der Waals surface area contributed by atoms with E-state index in [1.54, 1.807) is 16.2 Å². The zero-order chi connectivity index (χ0) is 62.2. The number of anilines is 1. The molecule has 10 rings (SSSR count). The fourth-order valence-corrected chi connectivity index (χ4v) is 13.5. The largest absolute Gasteiger partial charge is 0.449 e. The van der Waals surface area contributed by atoms with Crippen molar-refractivity contribution in [2.75, 3.05) is 31.3 Å². The highest BCUT2D eigenvalue weighted by molar-refractivity contribution is 7.13. The molecule has 1 aromatic heterocycles. The number of amides is 6. The number of carbonyl (C=O) groups excluding carboxylic acids is 7. The maximum atomic E-state index is 14.6. The third-order valence-electron chi connectivity index (χ3n) is 17.5. The van der Waals surface area contributed by atoms with E-state index in [0.29, 0.717) is 38.5 Å². The summed E-state index contributed by atoms with van der Waals surface area (Å²) in [5, 5.41) is 19.3. The molecule has 1 aliphatic carbocycles. The summed E-state index contributed by atoms with van der Waals surface area (Å²) in [7, 11) is 0. The lowest BCUT2D eigenvalue weighted by molar-refractivity contribution is -0.144. The number of ketones is 1. The molecule has 1 saturated heterocycles.